The quantitative estimate of drug-likeness (QED) is 0.154. The van der Waals surface area contributed by atoms with Gasteiger partial charge in [0.15, 0.2) is 0 Å². The third-order valence-electron chi connectivity index (χ3n) is 9.18. The van der Waals surface area contributed by atoms with Crippen LogP contribution >= 0.6 is 47.0 Å². The Balaban J connectivity index is 1.61. The van der Waals surface area contributed by atoms with Gasteiger partial charge < -0.3 is 0 Å². The minimum atomic E-state index is -1.39. The Kier molecular flexibility index (Phi) is 8.42. The van der Waals surface area contributed by atoms with Crippen LogP contribution in [-0.4, -0.2) is 8.42 Å². The van der Waals surface area contributed by atoms with E-state index in [9.17, 15) is 4.21 Å². The van der Waals surface area contributed by atoms with Crippen LogP contribution in [0, 0.1) is 0 Å². The first-order chi connectivity index (χ1) is 22.1. The maximum atomic E-state index is 15.2. The fraction of sp³-hybridized carbons (Fsp3) is 0.400. The second-order valence-electron chi connectivity index (χ2n) is 17.2. The smallest absolute Gasteiger partial charge is 0.0895 e. The summed E-state index contributed by atoms with van der Waals surface area (Å²) < 4.78 is 30.0. The van der Waals surface area contributed by atoms with Crippen molar-refractivity contribution in [3.8, 4) is 0 Å². The Hall–Kier alpha value is -1.42. The van der Waals surface area contributed by atoms with E-state index in [1.54, 1.807) is 47.0 Å². The van der Waals surface area contributed by atoms with Gasteiger partial charge in [-0.1, -0.05) is 130 Å². The lowest BCUT2D eigenvalue weighted by atomic mass is 9.87. The van der Waals surface area contributed by atoms with Gasteiger partial charge in [0.1, 0.15) is 0 Å². The zero-order valence-corrected chi connectivity index (χ0v) is 34.8. The molecule has 0 saturated heterocycles. The van der Waals surface area contributed by atoms with Crippen molar-refractivity contribution in [3.63, 3.8) is 0 Å². The second-order valence-corrected chi connectivity index (χ2v) is 24.2. The molecule has 0 aliphatic carbocycles. The monoisotopic (exact) mass is 748 g/mol. The van der Waals surface area contributed by atoms with Gasteiger partial charge >= 0.3 is 0 Å². The van der Waals surface area contributed by atoms with Crippen molar-refractivity contribution in [2.75, 3.05) is 0 Å². The van der Waals surface area contributed by atoms with Crippen LogP contribution in [0.5, 0.6) is 0 Å². The van der Waals surface area contributed by atoms with Gasteiger partial charge in [0.05, 0.1) is 41.2 Å². The van der Waals surface area contributed by atoms with Crippen molar-refractivity contribution >= 4 is 68.6 Å². The summed E-state index contributed by atoms with van der Waals surface area (Å²) in [4.78, 5) is 12.1. The molecule has 0 radical (unpaired) electrons. The molecule has 3 aliphatic rings. The second kappa shape index (κ2) is 11.5. The number of benzene rings is 4. The van der Waals surface area contributed by atoms with E-state index in [0.29, 0.717) is 0 Å². The Bertz CT molecular complexity index is 1950. The molecule has 2 nitrogen and oxygen atoms in total. The van der Waals surface area contributed by atoms with Crippen LogP contribution in [0.25, 0.3) is 0 Å². The minimum Gasteiger partial charge on any atom is -0.249 e. The van der Waals surface area contributed by atoms with E-state index in [0.717, 1.165) is 69.9 Å². The van der Waals surface area contributed by atoms with Gasteiger partial charge in [-0.15, -0.1) is 0 Å². The predicted octanol–water partition coefficient (Wildman–Crippen LogP) is 12.8. The van der Waals surface area contributed by atoms with Crippen molar-refractivity contribution < 1.29 is 8.42 Å². The summed E-state index contributed by atoms with van der Waals surface area (Å²) in [7, 11) is -2.75. The molecule has 0 atom stereocenters. The van der Waals surface area contributed by atoms with Crippen molar-refractivity contribution in [1.82, 2.24) is 0 Å². The number of hydrogen-bond acceptors (Lipinski definition) is 6. The fourth-order valence-corrected chi connectivity index (χ4v) is 15.2. The largest absolute Gasteiger partial charge is 0.249 e. The highest BCUT2D eigenvalue weighted by Gasteiger charge is 2.37. The van der Waals surface area contributed by atoms with Crippen LogP contribution in [0.3, 0.4) is 0 Å². The summed E-state index contributed by atoms with van der Waals surface area (Å²) >= 11 is 6.94. The van der Waals surface area contributed by atoms with Crippen LogP contribution in [-0.2, 0) is 43.3 Å². The van der Waals surface area contributed by atoms with Crippen LogP contribution in [0.4, 0.5) is 0 Å². The summed E-state index contributed by atoms with van der Waals surface area (Å²) in [5, 5.41) is 0. The molecule has 3 heterocycles. The van der Waals surface area contributed by atoms with Crippen LogP contribution < -0.4 is 0 Å². The molecule has 3 aliphatic heterocycles. The molecule has 4 aromatic carbocycles. The first-order valence-electron chi connectivity index (χ1n) is 16.4. The lowest BCUT2D eigenvalue weighted by molar-refractivity contribution is 0.582. The standard InChI is InChI=1S/C40H44O2S6/c1-37(2,3)21-15-27-35-29(17-21)45-30-18-22(38(4,5)6)16-28(36(30)48(35)42)44-26-14-24(40(10,11)12)20-32-34(26)46-33-25(43-27)13-23(39(7,8)9)19-31(33)47(32)41/h13-20H,1-12H3. The van der Waals surface area contributed by atoms with Gasteiger partial charge in [0.25, 0.3) is 0 Å². The predicted molar refractivity (Wildman–Crippen MR) is 206 cm³/mol. The van der Waals surface area contributed by atoms with E-state index in [1.165, 1.54) is 11.1 Å². The van der Waals surface area contributed by atoms with E-state index in [2.05, 4.69) is 132 Å². The van der Waals surface area contributed by atoms with Gasteiger partial charge in [-0.2, -0.15) is 0 Å². The Labute approximate surface area is 309 Å². The third kappa shape index (κ3) is 6.02. The van der Waals surface area contributed by atoms with Crippen molar-refractivity contribution in [3.05, 3.63) is 70.8 Å². The SMILES string of the molecule is CC(C)(C)c1cc2c3c(c1)Sc1cc(C(C)(C)C)cc(c1S3=O)Sc1cc(C(C)(C)C)cc3c1Sc1c(cc(C(C)(C)C)cc1S3=O)S2. The van der Waals surface area contributed by atoms with E-state index in [-0.39, 0.29) is 21.7 Å². The number of hydrogen-bond donors (Lipinski definition) is 0. The van der Waals surface area contributed by atoms with Crippen molar-refractivity contribution in [2.24, 2.45) is 0 Å². The van der Waals surface area contributed by atoms with Crippen LogP contribution in [0.2, 0.25) is 0 Å². The van der Waals surface area contributed by atoms with Crippen molar-refractivity contribution in [2.45, 2.75) is 163 Å². The van der Waals surface area contributed by atoms with Crippen molar-refractivity contribution in [1.29, 1.82) is 0 Å². The highest BCUT2D eigenvalue weighted by atomic mass is 32.2. The Morgan fingerprint density at radius 1 is 0.375 bits per heavy atom. The zero-order valence-electron chi connectivity index (χ0n) is 29.9. The summed E-state index contributed by atoms with van der Waals surface area (Å²) in [6.45, 7) is 26.8. The van der Waals surface area contributed by atoms with E-state index in [1.807, 2.05) is 0 Å². The summed E-state index contributed by atoms with van der Waals surface area (Å²) in [6.07, 6.45) is 0. The topological polar surface area (TPSA) is 34.1 Å². The molecule has 0 saturated carbocycles. The first kappa shape index (κ1) is 35.0. The highest BCUT2D eigenvalue weighted by Crippen LogP contribution is 2.58. The van der Waals surface area contributed by atoms with Crippen LogP contribution in [0.1, 0.15) is 105 Å². The van der Waals surface area contributed by atoms with Gasteiger partial charge in [0.2, 0.25) is 0 Å². The first-order valence-corrected chi connectivity index (χ1v) is 22.0. The average molecular weight is 749 g/mol. The molecule has 4 aromatic rings. The van der Waals surface area contributed by atoms with Gasteiger partial charge in [-0.3, -0.25) is 0 Å². The van der Waals surface area contributed by atoms with E-state index in [4.69, 9.17) is 0 Å². The molecular formula is C40H44O2S6. The van der Waals surface area contributed by atoms with E-state index >= 15 is 4.21 Å². The van der Waals surface area contributed by atoms with Gasteiger partial charge in [0, 0.05) is 39.2 Å². The van der Waals surface area contributed by atoms with E-state index < -0.39 is 21.6 Å². The Morgan fingerprint density at radius 2 is 0.646 bits per heavy atom. The molecule has 0 spiro atoms. The normalized spacial score (nSPS) is 16.4. The summed E-state index contributed by atoms with van der Waals surface area (Å²) in [5.41, 5.74) is 4.32. The Morgan fingerprint density at radius 3 is 0.958 bits per heavy atom. The van der Waals surface area contributed by atoms with Gasteiger partial charge in [-0.05, 0) is 92.4 Å². The molecule has 4 bridgehead atoms. The molecule has 0 amide bonds. The summed E-state index contributed by atoms with van der Waals surface area (Å²) in [5.74, 6) is 0. The summed E-state index contributed by atoms with van der Waals surface area (Å²) in [6, 6.07) is 18.0. The van der Waals surface area contributed by atoms with Crippen LogP contribution in [0.15, 0.2) is 107 Å². The zero-order chi connectivity index (χ0) is 34.9. The maximum Gasteiger partial charge on any atom is 0.0895 e. The molecule has 0 unspecified atom stereocenters. The third-order valence-corrected chi connectivity index (χ3v) is 17.8. The number of rotatable bonds is 0. The van der Waals surface area contributed by atoms with Gasteiger partial charge in [-0.25, -0.2) is 8.42 Å². The molecule has 7 rings (SSSR count). The fourth-order valence-electron chi connectivity index (χ4n) is 6.01. The average Bonchev–Trinajstić information content (AvgIpc) is 2.94. The lowest BCUT2D eigenvalue weighted by Crippen LogP contribution is -2.17. The molecule has 0 N–H and O–H groups in total. The molecule has 8 heteroatoms. The lowest BCUT2D eigenvalue weighted by Gasteiger charge is -2.32. The molecular weight excluding hydrogens is 705 g/mol. The molecule has 252 valence electrons. The molecule has 0 aromatic heterocycles. The highest BCUT2D eigenvalue weighted by molar-refractivity contribution is 8.05. The maximum absolute atomic E-state index is 15.2. The molecule has 0 fully saturated rings. The minimum absolute atomic E-state index is 0.0894. The molecule has 48 heavy (non-hydrogen) atoms.